The molecule has 7 heteroatoms. The molecule has 1 aromatic heterocycles. The summed E-state index contributed by atoms with van der Waals surface area (Å²) in [6.07, 6.45) is 4.45. The number of hydrogen-bond acceptors (Lipinski definition) is 6. The molecule has 1 saturated heterocycles. The molecule has 0 amide bonds. The van der Waals surface area contributed by atoms with Gasteiger partial charge in [0, 0.05) is 47.1 Å². The first-order chi connectivity index (χ1) is 15.0. The van der Waals surface area contributed by atoms with Crippen molar-refractivity contribution in [3.05, 3.63) is 35.2 Å². The van der Waals surface area contributed by atoms with Gasteiger partial charge < -0.3 is 29.2 Å². The maximum Gasteiger partial charge on any atom is 0.337 e. The van der Waals surface area contributed by atoms with Crippen LogP contribution < -0.4 is 14.8 Å². The fourth-order valence-electron chi connectivity index (χ4n) is 5.10. The van der Waals surface area contributed by atoms with Crippen molar-refractivity contribution >= 4 is 16.9 Å². The molecule has 4 atom stereocenters. The van der Waals surface area contributed by atoms with E-state index in [9.17, 15) is 4.79 Å². The molecule has 2 aromatic rings. The molecule has 0 saturated carbocycles. The summed E-state index contributed by atoms with van der Waals surface area (Å²) in [5, 5.41) is 4.86. The molecule has 4 rings (SSSR count). The Morgan fingerprint density at radius 1 is 1.19 bits per heavy atom. The number of hydrogen-bond donors (Lipinski definition) is 2. The van der Waals surface area contributed by atoms with Crippen LogP contribution in [0.5, 0.6) is 11.5 Å². The van der Waals surface area contributed by atoms with E-state index in [0.29, 0.717) is 11.3 Å². The smallest absolute Gasteiger partial charge is 0.337 e. The minimum Gasteiger partial charge on any atom is -0.497 e. The zero-order valence-electron chi connectivity index (χ0n) is 18.9. The molecular formula is C24H32N2O5. The van der Waals surface area contributed by atoms with E-state index in [4.69, 9.17) is 18.9 Å². The zero-order chi connectivity index (χ0) is 22.1. The van der Waals surface area contributed by atoms with Crippen molar-refractivity contribution in [1.82, 2.24) is 10.3 Å². The van der Waals surface area contributed by atoms with Crippen LogP contribution in [0.1, 0.15) is 44.0 Å². The summed E-state index contributed by atoms with van der Waals surface area (Å²) in [4.78, 5) is 16.0. The predicted molar refractivity (Wildman–Crippen MR) is 118 cm³/mol. The van der Waals surface area contributed by atoms with Gasteiger partial charge in [0.2, 0.25) is 0 Å². The second-order valence-corrected chi connectivity index (χ2v) is 8.39. The molecule has 0 radical (unpaired) electrons. The van der Waals surface area contributed by atoms with Gasteiger partial charge in [-0.15, -0.1) is 0 Å². The van der Waals surface area contributed by atoms with Crippen molar-refractivity contribution < 1.29 is 23.7 Å². The lowest BCUT2D eigenvalue weighted by Gasteiger charge is -2.42. The van der Waals surface area contributed by atoms with Crippen LogP contribution >= 0.6 is 0 Å². The standard InChI is InChI=1S/C24H32N2O5/c1-6-7-14-16-9-21(28-3)22(29-4)10-19(16)26-23(14)20-8-15-17(11-25-20)13(2)31-12-18(15)24(27)30-5/h9-10,12-13,15,17,20,25-26H,6-8,11H2,1-5H3/t13-,15?,17?,20?/m1/s1. The predicted octanol–water partition coefficient (Wildman–Crippen LogP) is 3.88. The van der Waals surface area contributed by atoms with Crippen molar-refractivity contribution in [2.75, 3.05) is 27.9 Å². The third-order valence-corrected chi connectivity index (χ3v) is 6.73. The lowest BCUT2D eigenvalue weighted by Crippen LogP contribution is -2.47. The van der Waals surface area contributed by atoms with Crippen molar-refractivity contribution in [2.24, 2.45) is 11.8 Å². The van der Waals surface area contributed by atoms with Gasteiger partial charge in [0.1, 0.15) is 0 Å². The Balaban J connectivity index is 1.74. The van der Waals surface area contributed by atoms with Crippen LogP contribution in [-0.4, -0.2) is 44.9 Å². The topological polar surface area (TPSA) is 81.8 Å². The van der Waals surface area contributed by atoms with E-state index in [1.165, 1.54) is 18.4 Å². The molecule has 1 aromatic carbocycles. The van der Waals surface area contributed by atoms with Gasteiger partial charge in [-0.1, -0.05) is 13.3 Å². The van der Waals surface area contributed by atoms with E-state index in [1.807, 2.05) is 6.07 Å². The summed E-state index contributed by atoms with van der Waals surface area (Å²) in [5.41, 5.74) is 4.13. The maximum atomic E-state index is 12.4. The lowest BCUT2D eigenvalue weighted by atomic mass is 9.74. The number of carbonyl (C=O) groups is 1. The van der Waals surface area contributed by atoms with Crippen LogP contribution in [0.25, 0.3) is 10.9 Å². The molecule has 168 valence electrons. The molecule has 2 aliphatic rings. The third-order valence-electron chi connectivity index (χ3n) is 6.73. The Morgan fingerprint density at radius 3 is 2.61 bits per heavy atom. The van der Waals surface area contributed by atoms with E-state index in [0.717, 1.165) is 42.5 Å². The lowest BCUT2D eigenvalue weighted by molar-refractivity contribution is -0.138. The SMILES string of the molecule is CCCc1c(C2CC3C(C(=O)OC)=CO[C@H](C)C3CN2)[nH]c2cc(OC)c(OC)cc12. The van der Waals surface area contributed by atoms with Crippen molar-refractivity contribution in [3.63, 3.8) is 0 Å². The summed E-state index contributed by atoms with van der Waals surface area (Å²) >= 11 is 0. The molecular weight excluding hydrogens is 396 g/mol. The highest BCUT2D eigenvalue weighted by Crippen LogP contribution is 2.43. The van der Waals surface area contributed by atoms with Crippen LogP contribution in [0, 0.1) is 11.8 Å². The molecule has 2 aliphatic heterocycles. The zero-order valence-corrected chi connectivity index (χ0v) is 18.9. The number of fused-ring (bicyclic) bond motifs is 2. The van der Waals surface area contributed by atoms with Crippen LogP contribution in [0.15, 0.2) is 24.0 Å². The molecule has 7 nitrogen and oxygen atoms in total. The van der Waals surface area contributed by atoms with Gasteiger partial charge in [-0.3, -0.25) is 0 Å². The molecule has 0 aliphatic carbocycles. The number of aromatic nitrogens is 1. The minimum atomic E-state index is -0.303. The summed E-state index contributed by atoms with van der Waals surface area (Å²) in [6.45, 7) is 5.03. The second kappa shape index (κ2) is 8.83. The first-order valence-corrected chi connectivity index (χ1v) is 11.0. The van der Waals surface area contributed by atoms with Gasteiger partial charge in [0.25, 0.3) is 0 Å². The second-order valence-electron chi connectivity index (χ2n) is 8.39. The van der Waals surface area contributed by atoms with Crippen LogP contribution in [0.2, 0.25) is 0 Å². The fourth-order valence-corrected chi connectivity index (χ4v) is 5.10. The highest BCUT2D eigenvalue weighted by Gasteiger charge is 2.42. The number of H-pyrrole nitrogens is 1. The molecule has 0 bridgehead atoms. The summed E-state index contributed by atoms with van der Waals surface area (Å²) < 4.78 is 21.8. The average molecular weight is 429 g/mol. The summed E-state index contributed by atoms with van der Waals surface area (Å²) in [6, 6.07) is 4.16. The van der Waals surface area contributed by atoms with Crippen LogP contribution in [0.3, 0.4) is 0 Å². The van der Waals surface area contributed by atoms with Crippen LogP contribution in [-0.2, 0) is 20.7 Å². The maximum absolute atomic E-state index is 12.4. The van der Waals surface area contributed by atoms with Crippen molar-refractivity contribution in [1.29, 1.82) is 0 Å². The number of esters is 1. The number of ether oxygens (including phenoxy) is 4. The number of aryl methyl sites for hydroxylation is 1. The molecule has 31 heavy (non-hydrogen) atoms. The number of carbonyl (C=O) groups excluding carboxylic acids is 1. The van der Waals surface area contributed by atoms with Gasteiger partial charge in [-0.05, 0) is 31.4 Å². The Morgan fingerprint density at radius 2 is 1.94 bits per heavy atom. The minimum absolute atomic E-state index is 0.0539. The molecule has 3 heterocycles. The molecule has 2 N–H and O–H groups in total. The normalized spacial score (nSPS) is 25.4. The monoisotopic (exact) mass is 428 g/mol. The average Bonchev–Trinajstić information content (AvgIpc) is 3.15. The van der Waals surface area contributed by atoms with E-state index >= 15 is 0 Å². The quantitative estimate of drug-likeness (QED) is 0.680. The van der Waals surface area contributed by atoms with Crippen molar-refractivity contribution in [2.45, 2.75) is 45.3 Å². The Labute approximate surface area is 183 Å². The Kier molecular flexibility index (Phi) is 6.14. The van der Waals surface area contributed by atoms with Gasteiger partial charge in [0.15, 0.2) is 11.5 Å². The van der Waals surface area contributed by atoms with E-state index in [2.05, 4.69) is 30.2 Å². The Hall–Kier alpha value is -2.67. The summed E-state index contributed by atoms with van der Waals surface area (Å²) in [7, 11) is 4.73. The highest BCUT2D eigenvalue weighted by atomic mass is 16.5. The number of aromatic amines is 1. The number of benzene rings is 1. The van der Waals surface area contributed by atoms with E-state index < -0.39 is 0 Å². The van der Waals surface area contributed by atoms with Gasteiger partial charge in [-0.2, -0.15) is 0 Å². The molecule has 1 fully saturated rings. The molecule has 3 unspecified atom stereocenters. The van der Waals surface area contributed by atoms with Crippen molar-refractivity contribution in [3.8, 4) is 11.5 Å². The third kappa shape index (κ3) is 3.76. The largest absolute Gasteiger partial charge is 0.497 e. The molecule has 0 spiro atoms. The number of nitrogens with one attached hydrogen (secondary N) is 2. The Bertz CT molecular complexity index is 996. The number of rotatable bonds is 6. The highest BCUT2D eigenvalue weighted by molar-refractivity contribution is 5.89. The van der Waals surface area contributed by atoms with Gasteiger partial charge in [0.05, 0.1) is 39.3 Å². The van der Waals surface area contributed by atoms with Gasteiger partial charge >= 0.3 is 5.97 Å². The van der Waals surface area contributed by atoms with Gasteiger partial charge in [-0.25, -0.2) is 4.79 Å². The number of methoxy groups -OCH3 is 3. The van der Waals surface area contributed by atoms with E-state index in [1.54, 1.807) is 20.5 Å². The summed E-state index contributed by atoms with van der Waals surface area (Å²) in [5.74, 6) is 1.45. The first kappa shape index (κ1) is 21.6. The number of piperidine rings is 1. The van der Waals surface area contributed by atoms with Crippen LogP contribution in [0.4, 0.5) is 0 Å². The van der Waals surface area contributed by atoms with E-state index in [-0.39, 0.29) is 30.0 Å². The fraction of sp³-hybridized carbons (Fsp3) is 0.542. The first-order valence-electron chi connectivity index (χ1n) is 11.0.